The van der Waals surface area contributed by atoms with E-state index in [1.54, 1.807) is 0 Å². The Morgan fingerprint density at radius 3 is 2.81 bits per heavy atom. The molecular weight excluding hydrogens is 222 g/mol. The Hall–Kier alpha value is 0.210. The van der Waals surface area contributed by atoms with Crippen LogP contribution in [-0.4, -0.2) is 30.7 Å². The van der Waals surface area contributed by atoms with Gasteiger partial charge in [0.15, 0.2) is 0 Å². The number of nitrogens with one attached hydrogen (secondary N) is 1. The maximum absolute atomic E-state index is 5.91. The van der Waals surface area contributed by atoms with Gasteiger partial charge in [-0.2, -0.15) is 0 Å². The van der Waals surface area contributed by atoms with Crippen molar-refractivity contribution >= 4 is 11.6 Å². The van der Waals surface area contributed by atoms with Crippen molar-refractivity contribution in [3.8, 4) is 0 Å². The average Bonchev–Trinajstić information content (AvgIpc) is 2.57. The average molecular weight is 248 g/mol. The molecule has 1 saturated heterocycles. The van der Waals surface area contributed by atoms with E-state index in [4.69, 9.17) is 16.3 Å². The van der Waals surface area contributed by atoms with E-state index in [2.05, 4.69) is 26.1 Å². The van der Waals surface area contributed by atoms with Crippen molar-refractivity contribution in [2.24, 2.45) is 5.92 Å². The van der Waals surface area contributed by atoms with Crippen LogP contribution in [0.2, 0.25) is 0 Å². The Kier molecular flexibility index (Phi) is 6.09. The van der Waals surface area contributed by atoms with Crippen LogP contribution in [-0.2, 0) is 4.74 Å². The summed E-state index contributed by atoms with van der Waals surface area (Å²) in [7, 11) is 0. The molecule has 2 unspecified atom stereocenters. The van der Waals surface area contributed by atoms with Crippen LogP contribution >= 0.6 is 11.6 Å². The van der Waals surface area contributed by atoms with Gasteiger partial charge in [0.25, 0.3) is 0 Å². The molecule has 0 radical (unpaired) electrons. The van der Waals surface area contributed by atoms with E-state index < -0.39 is 0 Å². The lowest BCUT2D eigenvalue weighted by atomic mass is 10.1. The smallest absolute Gasteiger partial charge is 0.0707 e. The number of hydrogen-bond acceptors (Lipinski definition) is 2. The fourth-order valence-corrected chi connectivity index (χ4v) is 2.29. The first kappa shape index (κ1) is 14.3. The zero-order chi connectivity index (χ0) is 12.0. The van der Waals surface area contributed by atoms with Gasteiger partial charge in [0.05, 0.1) is 11.7 Å². The fraction of sp³-hybridized carbons (Fsp3) is 1.00. The molecule has 2 nitrogen and oxygen atoms in total. The molecule has 16 heavy (non-hydrogen) atoms. The highest BCUT2D eigenvalue weighted by Crippen LogP contribution is 2.28. The van der Waals surface area contributed by atoms with Crippen LogP contribution in [0.4, 0.5) is 0 Å². The third-order valence-electron chi connectivity index (χ3n) is 3.24. The van der Waals surface area contributed by atoms with Crippen LogP contribution in [0, 0.1) is 5.92 Å². The number of halogens is 1. The molecule has 0 aliphatic carbocycles. The summed E-state index contributed by atoms with van der Waals surface area (Å²) in [5.74, 6) is 1.42. The van der Waals surface area contributed by atoms with E-state index in [1.165, 1.54) is 25.7 Å². The molecule has 1 fully saturated rings. The molecule has 2 atom stereocenters. The summed E-state index contributed by atoms with van der Waals surface area (Å²) in [5.41, 5.74) is 0.0967. The van der Waals surface area contributed by atoms with Crippen LogP contribution in [0.15, 0.2) is 0 Å². The van der Waals surface area contributed by atoms with Crippen LogP contribution in [0.1, 0.15) is 46.5 Å². The maximum Gasteiger partial charge on any atom is 0.0707 e. The minimum atomic E-state index is 0.0967. The van der Waals surface area contributed by atoms with Gasteiger partial charge >= 0.3 is 0 Å². The van der Waals surface area contributed by atoms with E-state index in [0.717, 1.165) is 19.0 Å². The summed E-state index contributed by atoms with van der Waals surface area (Å²) in [4.78, 5) is 0. The molecule has 0 saturated carbocycles. The van der Waals surface area contributed by atoms with Crippen LogP contribution < -0.4 is 5.32 Å². The van der Waals surface area contributed by atoms with Gasteiger partial charge in [-0.05, 0) is 52.0 Å². The summed E-state index contributed by atoms with van der Waals surface area (Å²) in [6, 6.07) is 0. The van der Waals surface area contributed by atoms with Crippen molar-refractivity contribution in [1.29, 1.82) is 0 Å². The zero-order valence-electron chi connectivity index (χ0n) is 10.9. The molecule has 1 heterocycles. The molecule has 0 aromatic rings. The van der Waals surface area contributed by atoms with E-state index >= 15 is 0 Å². The Morgan fingerprint density at radius 2 is 2.25 bits per heavy atom. The first-order valence-electron chi connectivity index (χ1n) is 6.48. The Morgan fingerprint density at radius 1 is 1.50 bits per heavy atom. The molecule has 0 aromatic carbocycles. The second kappa shape index (κ2) is 6.83. The molecular formula is C13H26ClNO. The highest BCUT2D eigenvalue weighted by atomic mass is 35.5. The summed E-state index contributed by atoms with van der Waals surface area (Å²) in [6.07, 6.45) is 5.22. The lowest BCUT2D eigenvalue weighted by molar-refractivity contribution is -0.0141. The Bertz CT molecular complexity index is 196. The molecule has 3 heteroatoms. The topological polar surface area (TPSA) is 21.3 Å². The zero-order valence-corrected chi connectivity index (χ0v) is 11.6. The molecule has 0 spiro atoms. The van der Waals surface area contributed by atoms with Crippen molar-refractivity contribution in [3.63, 3.8) is 0 Å². The van der Waals surface area contributed by atoms with E-state index in [1.807, 2.05) is 0 Å². The van der Waals surface area contributed by atoms with Gasteiger partial charge in [-0.25, -0.2) is 0 Å². The van der Waals surface area contributed by atoms with Gasteiger partial charge < -0.3 is 10.1 Å². The second-order valence-electron chi connectivity index (χ2n) is 5.64. The van der Waals surface area contributed by atoms with Gasteiger partial charge in [-0.15, -0.1) is 11.6 Å². The molecule has 0 bridgehead atoms. The SMILES string of the molecule is CC(CCl)CCCNCC1CCC(C)(C)O1. The first-order chi connectivity index (χ1) is 7.53. The van der Waals surface area contributed by atoms with Crippen LogP contribution in [0.25, 0.3) is 0 Å². The second-order valence-corrected chi connectivity index (χ2v) is 5.95. The summed E-state index contributed by atoms with van der Waals surface area (Å²) in [6.45, 7) is 8.64. The normalized spacial score (nSPS) is 25.9. The number of alkyl halides is 1. The predicted octanol–water partition coefficient (Wildman–Crippen LogP) is 3.19. The van der Waals surface area contributed by atoms with Crippen molar-refractivity contribution in [2.75, 3.05) is 19.0 Å². The standard InChI is InChI=1S/C13H26ClNO/c1-11(9-14)5-4-8-15-10-12-6-7-13(2,3)16-12/h11-12,15H,4-10H2,1-3H3. The van der Waals surface area contributed by atoms with Gasteiger partial charge in [0.2, 0.25) is 0 Å². The lowest BCUT2D eigenvalue weighted by Gasteiger charge is -2.19. The van der Waals surface area contributed by atoms with Crippen LogP contribution in [0.5, 0.6) is 0 Å². The largest absolute Gasteiger partial charge is 0.371 e. The molecule has 1 N–H and O–H groups in total. The lowest BCUT2D eigenvalue weighted by Crippen LogP contribution is -2.30. The minimum Gasteiger partial charge on any atom is -0.371 e. The molecule has 96 valence electrons. The quantitative estimate of drug-likeness (QED) is 0.551. The summed E-state index contributed by atoms with van der Waals surface area (Å²) in [5, 5.41) is 3.48. The van der Waals surface area contributed by atoms with Crippen molar-refractivity contribution < 1.29 is 4.74 Å². The third kappa shape index (κ3) is 5.51. The molecule has 1 rings (SSSR count). The predicted molar refractivity (Wildman–Crippen MR) is 70.2 cm³/mol. The van der Waals surface area contributed by atoms with Crippen molar-refractivity contribution in [1.82, 2.24) is 5.32 Å². The summed E-state index contributed by atoms with van der Waals surface area (Å²) < 4.78 is 5.91. The molecule has 1 aliphatic heterocycles. The number of hydrogen-bond donors (Lipinski definition) is 1. The van der Waals surface area contributed by atoms with Gasteiger partial charge in [-0.3, -0.25) is 0 Å². The van der Waals surface area contributed by atoms with Gasteiger partial charge in [0.1, 0.15) is 0 Å². The minimum absolute atomic E-state index is 0.0967. The first-order valence-corrected chi connectivity index (χ1v) is 7.01. The van der Waals surface area contributed by atoms with E-state index in [9.17, 15) is 0 Å². The number of ether oxygens (including phenoxy) is 1. The monoisotopic (exact) mass is 247 g/mol. The van der Waals surface area contributed by atoms with Crippen molar-refractivity contribution in [2.45, 2.75) is 58.2 Å². The summed E-state index contributed by atoms with van der Waals surface area (Å²) >= 11 is 5.76. The van der Waals surface area contributed by atoms with E-state index in [-0.39, 0.29) is 5.60 Å². The van der Waals surface area contributed by atoms with Gasteiger partial charge in [0, 0.05) is 12.4 Å². The highest BCUT2D eigenvalue weighted by molar-refractivity contribution is 6.18. The fourth-order valence-electron chi connectivity index (χ4n) is 2.14. The molecule has 1 aliphatic rings. The maximum atomic E-state index is 5.91. The third-order valence-corrected chi connectivity index (χ3v) is 3.77. The highest BCUT2D eigenvalue weighted by Gasteiger charge is 2.30. The Balaban J connectivity index is 1.96. The van der Waals surface area contributed by atoms with Crippen LogP contribution in [0.3, 0.4) is 0 Å². The molecule has 0 amide bonds. The van der Waals surface area contributed by atoms with Gasteiger partial charge in [-0.1, -0.05) is 6.92 Å². The number of rotatable bonds is 7. The Labute approximate surface area is 105 Å². The van der Waals surface area contributed by atoms with Crippen molar-refractivity contribution in [3.05, 3.63) is 0 Å². The van der Waals surface area contributed by atoms with E-state index in [0.29, 0.717) is 12.0 Å². The molecule has 0 aromatic heterocycles.